The van der Waals surface area contributed by atoms with E-state index in [1.54, 1.807) is 0 Å². The van der Waals surface area contributed by atoms with Crippen molar-refractivity contribution in [1.82, 2.24) is 20.2 Å². The fraction of sp³-hybridized carbons (Fsp3) is 0.125. The number of aryl methyl sites for hydroxylation is 2. The van der Waals surface area contributed by atoms with Crippen molar-refractivity contribution < 1.29 is 0 Å². The summed E-state index contributed by atoms with van der Waals surface area (Å²) in [6.07, 6.45) is 3.70. The molecule has 3 aromatic rings. The van der Waals surface area contributed by atoms with Crippen LogP contribution >= 0.6 is 0 Å². The Morgan fingerprint density at radius 3 is 1.80 bits per heavy atom. The Hall–Kier alpha value is -2.62. The molecule has 0 unspecified atom stereocenters. The number of aromatic nitrogens is 4. The second kappa shape index (κ2) is 5.17. The third-order valence-corrected chi connectivity index (χ3v) is 3.07. The summed E-state index contributed by atoms with van der Waals surface area (Å²) < 4.78 is 0. The molecule has 0 aliphatic carbocycles. The molecule has 0 fully saturated rings. The number of hydrogen-bond donors (Lipinski definition) is 0. The van der Waals surface area contributed by atoms with Crippen LogP contribution in [0.2, 0.25) is 0 Å². The Morgan fingerprint density at radius 1 is 0.600 bits per heavy atom. The molecule has 20 heavy (non-hydrogen) atoms. The largest absolute Gasteiger partial charge is 0.261 e. The van der Waals surface area contributed by atoms with Gasteiger partial charge < -0.3 is 0 Å². The van der Waals surface area contributed by atoms with Crippen molar-refractivity contribution in [3.8, 4) is 22.5 Å². The SMILES string of the molecule is Cc1ccc(-c2ccc(-c3ccc(C)nn3)nc2)cn1. The lowest BCUT2D eigenvalue weighted by atomic mass is 10.1. The van der Waals surface area contributed by atoms with Gasteiger partial charge in [-0.05, 0) is 38.1 Å². The molecule has 4 heteroatoms. The smallest absolute Gasteiger partial charge is 0.111 e. The third kappa shape index (κ3) is 2.54. The number of rotatable bonds is 2. The summed E-state index contributed by atoms with van der Waals surface area (Å²) in [7, 11) is 0. The molecule has 0 aromatic carbocycles. The summed E-state index contributed by atoms with van der Waals surface area (Å²) in [6.45, 7) is 3.89. The van der Waals surface area contributed by atoms with Gasteiger partial charge in [0.25, 0.3) is 0 Å². The van der Waals surface area contributed by atoms with E-state index in [-0.39, 0.29) is 0 Å². The predicted molar refractivity (Wildman–Crippen MR) is 78.0 cm³/mol. The van der Waals surface area contributed by atoms with E-state index in [4.69, 9.17) is 0 Å². The molecule has 3 aromatic heterocycles. The van der Waals surface area contributed by atoms with Crippen LogP contribution in [0.3, 0.4) is 0 Å². The van der Waals surface area contributed by atoms with E-state index in [1.165, 1.54) is 0 Å². The summed E-state index contributed by atoms with van der Waals surface area (Å²) in [4.78, 5) is 8.74. The molecule has 0 atom stereocenters. The summed E-state index contributed by atoms with van der Waals surface area (Å²) in [6, 6.07) is 11.9. The van der Waals surface area contributed by atoms with Crippen LogP contribution in [0.15, 0.2) is 48.8 Å². The van der Waals surface area contributed by atoms with Gasteiger partial charge in [0.15, 0.2) is 0 Å². The fourth-order valence-corrected chi connectivity index (χ4v) is 1.89. The lowest BCUT2D eigenvalue weighted by Crippen LogP contribution is -1.92. The molecule has 98 valence electrons. The van der Waals surface area contributed by atoms with Crippen LogP contribution in [-0.2, 0) is 0 Å². The van der Waals surface area contributed by atoms with E-state index < -0.39 is 0 Å². The minimum atomic E-state index is 0.782. The van der Waals surface area contributed by atoms with Gasteiger partial charge in [0.05, 0.1) is 11.4 Å². The van der Waals surface area contributed by atoms with Crippen LogP contribution < -0.4 is 0 Å². The zero-order valence-electron chi connectivity index (χ0n) is 11.4. The van der Waals surface area contributed by atoms with E-state index >= 15 is 0 Å². The average molecular weight is 262 g/mol. The lowest BCUT2D eigenvalue weighted by Gasteiger charge is -2.03. The summed E-state index contributed by atoms with van der Waals surface area (Å²) in [5.74, 6) is 0. The molecule has 0 spiro atoms. The van der Waals surface area contributed by atoms with Crippen LogP contribution in [0.25, 0.3) is 22.5 Å². The first-order valence-corrected chi connectivity index (χ1v) is 6.42. The van der Waals surface area contributed by atoms with Crippen molar-refractivity contribution in [2.75, 3.05) is 0 Å². The maximum absolute atomic E-state index is 4.45. The quantitative estimate of drug-likeness (QED) is 0.711. The number of pyridine rings is 2. The maximum atomic E-state index is 4.45. The molecule has 3 heterocycles. The van der Waals surface area contributed by atoms with Crippen LogP contribution in [0, 0.1) is 13.8 Å². The van der Waals surface area contributed by atoms with Gasteiger partial charge in [-0.15, -0.1) is 5.10 Å². The lowest BCUT2D eigenvalue weighted by molar-refractivity contribution is 0.981. The standard InChI is InChI=1S/C16H14N4/c1-11-3-5-13(9-17-11)14-6-8-15(18-10-14)16-7-4-12(2)19-20-16/h3-10H,1-2H3. The van der Waals surface area contributed by atoms with Crippen molar-refractivity contribution in [1.29, 1.82) is 0 Å². The zero-order valence-corrected chi connectivity index (χ0v) is 11.4. The van der Waals surface area contributed by atoms with Crippen LogP contribution in [0.4, 0.5) is 0 Å². The van der Waals surface area contributed by atoms with E-state index in [0.29, 0.717) is 0 Å². The molecule has 0 N–H and O–H groups in total. The minimum absolute atomic E-state index is 0.782. The van der Waals surface area contributed by atoms with Crippen molar-refractivity contribution in [2.24, 2.45) is 0 Å². The third-order valence-electron chi connectivity index (χ3n) is 3.07. The second-order valence-electron chi connectivity index (χ2n) is 4.68. The first-order chi connectivity index (χ1) is 9.72. The van der Waals surface area contributed by atoms with E-state index in [0.717, 1.165) is 33.9 Å². The molecule has 0 aliphatic rings. The maximum Gasteiger partial charge on any atom is 0.111 e. The van der Waals surface area contributed by atoms with E-state index in [1.807, 2.05) is 62.6 Å². The molecule has 3 rings (SSSR count). The van der Waals surface area contributed by atoms with Gasteiger partial charge in [-0.2, -0.15) is 5.10 Å². The molecule has 0 radical (unpaired) electrons. The van der Waals surface area contributed by atoms with E-state index in [9.17, 15) is 0 Å². The first-order valence-electron chi connectivity index (χ1n) is 6.42. The van der Waals surface area contributed by atoms with Crippen molar-refractivity contribution in [3.63, 3.8) is 0 Å². The van der Waals surface area contributed by atoms with Gasteiger partial charge in [0, 0.05) is 29.2 Å². The van der Waals surface area contributed by atoms with Crippen LogP contribution in [0.1, 0.15) is 11.4 Å². The highest BCUT2D eigenvalue weighted by Crippen LogP contribution is 2.20. The van der Waals surface area contributed by atoms with Gasteiger partial charge in [0.2, 0.25) is 0 Å². The van der Waals surface area contributed by atoms with Gasteiger partial charge in [-0.3, -0.25) is 9.97 Å². The molecule has 0 saturated heterocycles. The van der Waals surface area contributed by atoms with Gasteiger partial charge in [-0.1, -0.05) is 12.1 Å². The summed E-state index contributed by atoms with van der Waals surface area (Å²) in [5.41, 5.74) is 5.61. The van der Waals surface area contributed by atoms with Crippen molar-refractivity contribution in [2.45, 2.75) is 13.8 Å². The number of nitrogens with zero attached hydrogens (tertiary/aromatic N) is 4. The molecule has 0 bridgehead atoms. The molecule has 4 nitrogen and oxygen atoms in total. The van der Waals surface area contributed by atoms with Gasteiger partial charge in [0.1, 0.15) is 5.69 Å². The average Bonchev–Trinajstić information content (AvgIpc) is 2.49. The Bertz CT molecular complexity index is 636. The highest BCUT2D eigenvalue weighted by molar-refractivity contribution is 5.64. The Kier molecular flexibility index (Phi) is 3.21. The summed E-state index contributed by atoms with van der Waals surface area (Å²) >= 11 is 0. The normalized spacial score (nSPS) is 10.5. The molecular formula is C16H14N4. The predicted octanol–water partition coefficient (Wildman–Crippen LogP) is 3.22. The molecule has 0 aliphatic heterocycles. The highest BCUT2D eigenvalue weighted by atomic mass is 15.1. The van der Waals surface area contributed by atoms with Crippen LogP contribution in [-0.4, -0.2) is 20.2 Å². The monoisotopic (exact) mass is 262 g/mol. The minimum Gasteiger partial charge on any atom is -0.261 e. The second-order valence-corrected chi connectivity index (χ2v) is 4.68. The molecular weight excluding hydrogens is 248 g/mol. The highest BCUT2D eigenvalue weighted by Gasteiger charge is 2.03. The summed E-state index contributed by atoms with van der Waals surface area (Å²) in [5, 5.41) is 8.18. The van der Waals surface area contributed by atoms with Gasteiger partial charge >= 0.3 is 0 Å². The molecule has 0 saturated carbocycles. The van der Waals surface area contributed by atoms with Crippen molar-refractivity contribution in [3.05, 3.63) is 60.2 Å². The van der Waals surface area contributed by atoms with Crippen LogP contribution in [0.5, 0.6) is 0 Å². The number of hydrogen-bond acceptors (Lipinski definition) is 4. The zero-order chi connectivity index (χ0) is 13.9. The van der Waals surface area contributed by atoms with E-state index in [2.05, 4.69) is 20.2 Å². The van der Waals surface area contributed by atoms with Gasteiger partial charge in [-0.25, -0.2) is 0 Å². The Morgan fingerprint density at radius 2 is 1.25 bits per heavy atom. The Labute approximate surface area is 117 Å². The topological polar surface area (TPSA) is 51.6 Å². The first kappa shape index (κ1) is 12.4. The Balaban J connectivity index is 1.91. The fourth-order valence-electron chi connectivity index (χ4n) is 1.89. The molecule has 0 amide bonds. The van der Waals surface area contributed by atoms with Crippen molar-refractivity contribution >= 4 is 0 Å².